The van der Waals surface area contributed by atoms with Crippen molar-refractivity contribution < 1.29 is 14.2 Å². The molecule has 154 valence electrons. The Hall–Kier alpha value is -3.15. The third-order valence-corrected chi connectivity index (χ3v) is 5.23. The maximum absolute atomic E-state index is 13.5. The molecule has 4 nitrogen and oxygen atoms in total. The smallest absolute Gasteiger partial charge is 0.123 e. The molecule has 2 N–H and O–H groups in total. The Morgan fingerprint density at radius 1 is 0.967 bits per heavy atom. The van der Waals surface area contributed by atoms with Gasteiger partial charge in [-0.15, -0.1) is 0 Å². The van der Waals surface area contributed by atoms with Crippen molar-refractivity contribution in [2.45, 2.75) is 25.3 Å². The third kappa shape index (κ3) is 4.53. The first-order valence-corrected chi connectivity index (χ1v) is 10.0. The molecular weight excluding hydrogens is 379 g/mol. The number of hydrogen-bond acceptors (Lipinski definition) is 3. The predicted molar refractivity (Wildman–Crippen MR) is 117 cm³/mol. The number of nitrogens with one attached hydrogen (secondary N) is 1. The number of aromatic nitrogens is 1. The van der Waals surface area contributed by atoms with E-state index in [4.69, 9.17) is 4.74 Å². The molecule has 4 aromatic rings. The summed E-state index contributed by atoms with van der Waals surface area (Å²) >= 11 is 0. The molecule has 0 aliphatic heterocycles. The van der Waals surface area contributed by atoms with Gasteiger partial charge in [0.25, 0.3) is 0 Å². The van der Waals surface area contributed by atoms with Crippen molar-refractivity contribution in [1.29, 1.82) is 0 Å². The van der Waals surface area contributed by atoms with E-state index in [-0.39, 0.29) is 12.0 Å². The molecule has 4 rings (SSSR count). The molecule has 0 spiro atoms. The normalized spacial score (nSPS) is 13.3. The average Bonchev–Trinajstić information content (AvgIpc) is 3.16. The molecule has 1 heterocycles. The first-order valence-electron chi connectivity index (χ1n) is 10.0. The highest BCUT2D eigenvalue weighted by molar-refractivity contribution is 5.81. The quantitative estimate of drug-likeness (QED) is 0.448. The predicted octanol–water partition coefficient (Wildman–Crippen LogP) is 4.68. The van der Waals surface area contributed by atoms with Crippen molar-refractivity contribution >= 4 is 10.9 Å². The molecule has 2 unspecified atom stereocenters. The van der Waals surface area contributed by atoms with Crippen molar-refractivity contribution in [1.82, 2.24) is 9.88 Å². The van der Waals surface area contributed by atoms with Crippen LogP contribution in [-0.2, 0) is 13.0 Å². The van der Waals surface area contributed by atoms with E-state index in [1.807, 2.05) is 78.5 Å². The lowest BCUT2D eigenvalue weighted by Gasteiger charge is -2.25. The zero-order valence-corrected chi connectivity index (χ0v) is 16.8. The van der Waals surface area contributed by atoms with Crippen molar-refractivity contribution in [3.05, 3.63) is 102 Å². The van der Waals surface area contributed by atoms with Crippen LogP contribution in [0.4, 0.5) is 4.39 Å². The Bertz CT molecular complexity index is 1110. The van der Waals surface area contributed by atoms with Crippen molar-refractivity contribution in [2.24, 2.45) is 0 Å². The summed E-state index contributed by atoms with van der Waals surface area (Å²) in [5.74, 6) is 0.501. The van der Waals surface area contributed by atoms with Crippen LogP contribution in [0.15, 0.2) is 85.1 Å². The number of hydrogen-bond donors (Lipinski definition) is 2. The number of halogens is 1. The molecule has 0 aliphatic carbocycles. The Morgan fingerprint density at radius 3 is 2.53 bits per heavy atom. The van der Waals surface area contributed by atoms with E-state index in [9.17, 15) is 9.50 Å². The molecule has 2 atom stereocenters. The van der Waals surface area contributed by atoms with Crippen LogP contribution in [0, 0.1) is 5.82 Å². The zero-order valence-electron chi connectivity index (χ0n) is 16.8. The number of fused-ring (bicyclic) bond motifs is 1. The van der Waals surface area contributed by atoms with E-state index >= 15 is 0 Å². The fourth-order valence-corrected chi connectivity index (χ4v) is 3.75. The Labute approximate surface area is 175 Å². The van der Waals surface area contributed by atoms with E-state index in [0.717, 1.165) is 27.8 Å². The summed E-state index contributed by atoms with van der Waals surface area (Å²) in [6.45, 7) is 0.512. The molecule has 1 aromatic heterocycles. The van der Waals surface area contributed by atoms with Crippen molar-refractivity contribution in [2.75, 3.05) is 7.05 Å². The summed E-state index contributed by atoms with van der Waals surface area (Å²) in [7, 11) is 1.81. The van der Waals surface area contributed by atoms with Gasteiger partial charge in [0.1, 0.15) is 24.3 Å². The Balaban J connectivity index is 1.51. The second kappa shape index (κ2) is 9.11. The number of aliphatic hydroxyl groups is 1. The maximum Gasteiger partial charge on any atom is 0.123 e. The van der Waals surface area contributed by atoms with Gasteiger partial charge in [0.2, 0.25) is 0 Å². The number of ether oxygens (including phenoxy) is 1. The van der Waals surface area contributed by atoms with Gasteiger partial charge < -0.3 is 14.4 Å². The minimum Gasteiger partial charge on any atom is -0.489 e. The average molecular weight is 404 g/mol. The number of likely N-dealkylation sites (N-methyl/N-ethyl adjacent to an activating group) is 1. The molecule has 5 heteroatoms. The van der Waals surface area contributed by atoms with E-state index in [2.05, 4.69) is 5.32 Å². The molecule has 30 heavy (non-hydrogen) atoms. The van der Waals surface area contributed by atoms with Gasteiger partial charge in [0.15, 0.2) is 0 Å². The Morgan fingerprint density at radius 2 is 1.77 bits per heavy atom. The lowest BCUT2D eigenvalue weighted by Crippen LogP contribution is -2.35. The van der Waals surface area contributed by atoms with Gasteiger partial charge in [-0.2, -0.15) is 0 Å². The van der Waals surface area contributed by atoms with Crippen molar-refractivity contribution in [3.63, 3.8) is 0 Å². The number of aliphatic hydroxyl groups excluding tert-OH is 1. The van der Waals surface area contributed by atoms with Gasteiger partial charge in [0.05, 0.1) is 6.10 Å². The molecule has 0 radical (unpaired) electrons. The fraction of sp³-hybridized carbons (Fsp3) is 0.200. The van der Waals surface area contributed by atoms with Crippen LogP contribution < -0.4 is 10.1 Å². The lowest BCUT2D eigenvalue weighted by atomic mass is 10.1. The van der Waals surface area contributed by atoms with Gasteiger partial charge in [-0.3, -0.25) is 5.32 Å². The van der Waals surface area contributed by atoms with E-state index in [1.165, 1.54) is 12.1 Å². The summed E-state index contributed by atoms with van der Waals surface area (Å²) in [6.07, 6.45) is 1.23. The van der Waals surface area contributed by atoms with Gasteiger partial charge in [0, 0.05) is 23.5 Å². The van der Waals surface area contributed by atoms with Crippen LogP contribution >= 0.6 is 0 Å². The standard InChI is InChI=1S/C25H25FN2O2/c1-27-25(24(29)15-19-8-5-9-21(26)14-19)28-13-12-20-16-22(10-11-23(20)28)30-17-18-6-3-2-4-7-18/h2-14,16,24-25,27,29H,15,17H2,1H3. The number of rotatable bonds is 8. The Kier molecular flexibility index (Phi) is 6.12. The van der Waals surface area contributed by atoms with Crippen LogP contribution in [-0.4, -0.2) is 22.8 Å². The second-order valence-corrected chi connectivity index (χ2v) is 7.35. The minimum atomic E-state index is -0.721. The monoisotopic (exact) mass is 404 g/mol. The first-order chi connectivity index (χ1) is 14.6. The maximum atomic E-state index is 13.5. The fourth-order valence-electron chi connectivity index (χ4n) is 3.75. The van der Waals surface area contributed by atoms with Crippen LogP contribution in [0.2, 0.25) is 0 Å². The van der Waals surface area contributed by atoms with E-state index < -0.39 is 6.10 Å². The van der Waals surface area contributed by atoms with Crippen LogP contribution in [0.5, 0.6) is 5.75 Å². The molecule has 0 bridgehead atoms. The molecular formula is C25H25FN2O2. The van der Waals surface area contributed by atoms with Gasteiger partial charge in [-0.05, 0) is 54.6 Å². The molecule has 0 fully saturated rings. The lowest BCUT2D eigenvalue weighted by molar-refractivity contribution is 0.100. The molecule has 3 aromatic carbocycles. The first kappa shape index (κ1) is 20.1. The van der Waals surface area contributed by atoms with Crippen LogP contribution in [0.25, 0.3) is 10.9 Å². The topological polar surface area (TPSA) is 46.4 Å². The van der Waals surface area contributed by atoms with Gasteiger partial charge in [-0.1, -0.05) is 42.5 Å². The number of benzene rings is 3. The van der Waals surface area contributed by atoms with Gasteiger partial charge >= 0.3 is 0 Å². The van der Waals surface area contributed by atoms with Crippen LogP contribution in [0.3, 0.4) is 0 Å². The summed E-state index contributed by atoms with van der Waals surface area (Å²) < 4.78 is 21.4. The summed E-state index contributed by atoms with van der Waals surface area (Å²) in [5, 5.41) is 15.0. The minimum absolute atomic E-state index is 0.296. The van der Waals surface area contributed by atoms with Crippen LogP contribution in [0.1, 0.15) is 17.3 Å². The molecule has 0 aliphatic rings. The van der Waals surface area contributed by atoms with E-state index in [0.29, 0.717) is 13.0 Å². The number of nitrogens with zero attached hydrogens (tertiary/aromatic N) is 1. The molecule has 0 saturated carbocycles. The summed E-state index contributed by atoms with van der Waals surface area (Å²) in [6, 6.07) is 24.3. The highest BCUT2D eigenvalue weighted by atomic mass is 19.1. The molecule has 0 amide bonds. The highest BCUT2D eigenvalue weighted by Gasteiger charge is 2.21. The van der Waals surface area contributed by atoms with Crippen molar-refractivity contribution in [3.8, 4) is 5.75 Å². The largest absolute Gasteiger partial charge is 0.489 e. The highest BCUT2D eigenvalue weighted by Crippen LogP contribution is 2.26. The third-order valence-electron chi connectivity index (χ3n) is 5.23. The second-order valence-electron chi connectivity index (χ2n) is 7.35. The SMILES string of the molecule is CNC(C(O)Cc1cccc(F)c1)n1ccc2cc(OCc3ccccc3)ccc21. The van der Waals surface area contributed by atoms with Gasteiger partial charge in [-0.25, -0.2) is 4.39 Å². The van der Waals surface area contributed by atoms with E-state index in [1.54, 1.807) is 6.07 Å². The zero-order chi connectivity index (χ0) is 20.9. The summed E-state index contributed by atoms with van der Waals surface area (Å²) in [4.78, 5) is 0. The molecule has 0 saturated heterocycles. The summed E-state index contributed by atoms with van der Waals surface area (Å²) in [5.41, 5.74) is 2.86.